The number of rotatable bonds is 6. The maximum atomic E-state index is 12.4. The third-order valence-electron chi connectivity index (χ3n) is 4.91. The molecule has 0 spiro atoms. The van der Waals surface area contributed by atoms with Gasteiger partial charge in [-0.1, -0.05) is 0 Å². The molecule has 1 fully saturated rings. The first-order valence-electron chi connectivity index (χ1n) is 9.62. The number of urea groups is 1. The minimum Gasteiger partial charge on any atom is -0.494 e. The van der Waals surface area contributed by atoms with Gasteiger partial charge in [0.05, 0.1) is 12.7 Å². The predicted molar refractivity (Wildman–Crippen MR) is 99.9 cm³/mol. The van der Waals surface area contributed by atoms with Crippen molar-refractivity contribution in [1.82, 2.24) is 10.2 Å². The van der Waals surface area contributed by atoms with Crippen molar-refractivity contribution in [3.63, 3.8) is 0 Å². The number of hydrogen-bond acceptors (Lipinski definition) is 4. The van der Waals surface area contributed by atoms with Gasteiger partial charge < -0.3 is 24.4 Å². The smallest absolute Gasteiger partial charge is 0.317 e. The van der Waals surface area contributed by atoms with Crippen molar-refractivity contribution in [2.45, 2.75) is 58.3 Å². The molecule has 0 saturated carbocycles. The number of nitrogens with zero attached hydrogens (tertiary/aromatic N) is 1. The van der Waals surface area contributed by atoms with Crippen LogP contribution in [0, 0.1) is 0 Å². The Labute approximate surface area is 155 Å². The average molecular weight is 362 g/mol. The number of fused-ring (bicyclic) bond motifs is 1. The second-order valence-corrected chi connectivity index (χ2v) is 7.16. The summed E-state index contributed by atoms with van der Waals surface area (Å²) < 4.78 is 17.3. The van der Waals surface area contributed by atoms with Gasteiger partial charge in [-0.25, -0.2) is 4.79 Å². The van der Waals surface area contributed by atoms with Gasteiger partial charge in [-0.3, -0.25) is 0 Å². The highest BCUT2D eigenvalue weighted by atomic mass is 16.5. The van der Waals surface area contributed by atoms with Crippen molar-refractivity contribution in [2.75, 3.05) is 26.8 Å². The van der Waals surface area contributed by atoms with E-state index < -0.39 is 0 Å². The average Bonchev–Trinajstić information content (AvgIpc) is 2.99. The molecule has 1 aromatic carbocycles. The number of benzene rings is 1. The summed E-state index contributed by atoms with van der Waals surface area (Å²) in [4.78, 5) is 14.1. The van der Waals surface area contributed by atoms with Crippen LogP contribution in [0.2, 0.25) is 0 Å². The van der Waals surface area contributed by atoms with E-state index in [0.29, 0.717) is 19.7 Å². The van der Waals surface area contributed by atoms with Gasteiger partial charge >= 0.3 is 6.03 Å². The Balaban J connectivity index is 1.59. The van der Waals surface area contributed by atoms with Gasteiger partial charge in [0, 0.05) is 44.3 Å². The molecule has 6 nitrogen and oxygen atoms in total. The molecule has 0 bridgehead atoms. The van der Waals surface area contributed by atoms with Crippen LogP contribution < -0.4 is 14.8 Å². The molecule has 2 aliphatic heterocycles. The lowest BCUT2D eigenvalue weighted by atomic mass is 10.1. The van der Waals surface area contributed by atoms with E-state index in [1.54, 1.807) is 4.90 Å². The van der Waals surface area contributed by atoms with Crippen molar-refractivity contribution in [3.8, 4) is 11.5 Å². The lowest BCUT2D eigenvalue weighted by Gasteiger charge is -2.27. The van der Waals surface area contributed by atoms with E-state index in [9.17, 15) is 4.79 Å². The summed E-state index contributed by atoms with van der Waals surface area (Å²) >= 11 is 0. The Morgan fingerprint density at radius 2 is 2.23 bits per heavy atom. The highest BCUT2D eigenvalue weighted by Gasteiger charge is 2.23. The number of carbonyl (C=O) groups is 1. The van der Waals surface area contributed by atoms with Crippen molar-refractivity contribution < 1.29 is 19.0 Å². The van der Waals surface area contributed by atoms with Crippen LogP contribution in [0.5, 0.6) is 11.5 Å². The Morgan fingerprint density at radius 3 is 2.96 bits per heavy atom. The van der Waals surface area contributed by atoms with E-state index in [2.05, 4.69) is 12.2 Å². The molecule has 3 rings (SSSR count). The van der Waals surface area contributed by atoms with Crippen LogP contribution >= 0.6 is 0 Å². The van der Waals surface area contributed by atoms with Crippen LogP contribution in [0.1, 0.15) is 44.2 Å². The number of amides is 2. The largest absolute Gasteiger partial charge is 0.494 e. The second-order valence-electron chi connectivity index (χ2n) is 7.16. The molecule has 2 amide bonds. The summed E-state index contributed by atoms with van der Waals surface area (Å²) in [6.07, 6.45) is 4.54. The number of nitrogens with one attached hydrogen (secondary N) is 1. The van der Waals surface area contributed by atoms with E-state index in [0.717, 1.165) is 42.9 Å². The third-order valence-corrected chi connectivity index (χ3v) is 4.91. The number of carbonyl (C=O) groups excluding carboxylic acids is 1. The molecule has 2 atom stereocenters. The van der Waals surface area contributed by atoms with Crippen molar-refractivity contribution >= 4 is 6.03 Å². The second kappa shape index (κ2) is 8.62. The quantitative estimate of drug-likeness (QED) is 0.845. The van der Waals surface area contributed by atoms with Crippen molar-refractivity contribution in [3.05, 3.63) is 23.3 Å². The summed E-state index contributed by atoms with van der Waals surface area (Å²) in [7, 11) is 1.81. The third kappa shape index (κ3) is 4.61. The van der Waals surface area contributed by atoms with E-state index in [4.69, 9.17) is 14.2 Å². The molecule has 6 heteroatoms. The monoisotopic (exact) mass is 362 g/mol. The molecule has 2 unspecified atom stereocenters. The standard InChI is InChI=1S/C20H30N2O4/c1-4-24-18-10-15-9-14(2)26-19(15)11-16(18)12-21-20(23)22(3)13-17-7-5-6-8-25-17/h10-11,14,17H,4-9,12-13H2,1-3H3,(H,21,23). The zero-order chi connectivity index (χ0) is 18.5. The fraction of sp³-hybridized carbons (Fsp3) is 0.650. The maximum absolute atomic E-state index is 12.4. The Hall–Kier alpha value is -1.95. The van der Waals surface area contributed by atoms with Crippen LogP contribution in [-0.2, 0) is 17.7 Å². The summed E-state index contributed by atoms with van der Waals surface area (Å²) in [5.74, 6) is 1.72. The molecule has 0 aliphatic carbocycles. The van der Waals surface area contributed by atoms with Crippen LogP contribution in [0.4, 0.5) is 4.79 Å². The van der Waals surface area contributed by atoms with Gasteiger partial charge in [0.25, 0.3) is 0 Å². The number of ether oxygens (including phenoxy) is 3. The number of likely N-dealkylation sites (N-methyl/N-ethyl adjacent to an activating group) is 1. The van der Waals surface area contributed by atoms with Gasteiger partial charge in [-0.05, 0) is 45.2 Å². The molecule has 1 N–H and O–H groups in total. The summed E-state index contributed by atoms with van der Waals surface area (Å²) in [5.41, 5.74) is 2.11. The van der Waals surface area contributed by atoms with Gasteiger partial charge in [0.15, 0.2) is 0 Å². The minimum absolute atomic E-state index is 0.101. The molecule has 2 aliphatic rings. The minimum atomic E-state index is -0.101. The molecule has 0 radical (unpaired) electrons. The zero-order valence-electron chi connectivity index (χ0n) is 16.0. The molecule has 2 heterocycles. The summed E-state index contributed by atoms with van der Waals surface area (Å²) in [6.45, 7) is 6.45. The fourth-order valence-electron chi connectivity index (χ4n) is 3.56. The Morgan fingerprint density at radius 1 is 1.38 bits per heavy atom. The molecule has 1 saturated heterocycles. The van der Waals surface area contributed by atoms with E-state index in [1.165, 1.54) is 12.0 Å². The summed E-state index contributed by atoms with van der Waals surface area (Å²) in [6, 6.07) is 3.94. The lowest BCUT2D eigenvalue weighted by Crippen LogP contribution is -2.42. The van der Waals surface area contributed by atoms with Crippen molar-refractivity contribution in [2.24, 2.45) is 0 Å². The first kappa shape index (κ1) is 18.8. The Kier molecular flexibility index (Phi) is 6.25. The predicted octanol–water partition coefficient (Wildman–Crippen LogP) is 3.12. The topological polar surface area (TPSA) is 60.0 Å². The van der Waals surface area contributed by atoms with Gasteiger partial charge in [-0.15, -0.1) is 0 Å². The lowest BCUT2D eigenvalue weighted by molar-refractivity contribution is 0.00385. The molecule has 144 valence electrons. The van der Waals surface area contributed by atoms with Crippen molar-refractivity contribution in [1.29, 1.82) is 0 Å². The normalized spacial score (nSPS) is 21.7. The van der Waals surface area contributed by atoms with Gasteiger partial charge in [-0.2, -0.15) is 0 Å². The molecular formula is C20H30N2O4. The van der Waals surface area contributed by atoms with Gasteiger partial charge in [0.2, 0.25) is 0 Å². The number of hydrogen-bond donors (Lipinski definition) is 1. The molecular weight excluding hydrogens is 332 g/mol. The highest BCUT2D eigenvalue weighted by molar-refractivity contribution is 5.74. The van der Waals surface area contributed by atoms with E-state index >= 15 is 0 Å². The van der Waals surface area contributed by atoms with E-state index in [1.807, 2.05) is 26.1 Å². The summed E-state index contributed by atoms with van der Waals surface area (Å²) in [5, 5.41) is 2.99. The molecule has 1 aromatic rings. The van der Waals surface area contributed by atoms with Crippen LogP contribution in [0.3, 0.4) is 0 Å². The SMILES string of the molecule is CCOc1cc2c(cc1CNC(=O)N(C)CC1CCCCO1)OC(C)C2. The fourth-order valence-corrected chi connectivity index (χ4v) is 3.56. The van der Waals surface area contributed by atoms with Crippen LogP contribution in [0.25, 0.3) is 0 Å². The van der Waals surface area contributed by atoms with E-state index in [-0.39, 0.29) is 18.2 Å². The molecule has 26 heavy (non-hydrogen) atoms. The Bertz CT molecular complexity index is 628. The van der Waals surface area contributed by atoms with Crippen LogP contribution in [-0.4, -0.2) is 49.9 Å². The first-order chi connectivity index (χ1) is 12.6. The zero-order valence-corrected chi connectivity index (χ0v) is 16.0. The van der Waals surface area contributed by atoms with Gasteiger partial charge in [0.1, 0.15) is 17.6 Å². The first-order valence-corrected chi connectivity index (χ1v) is 9.62. The highest BCUT2D eigenvalue weighted by Crippen LogP contribution is 2.35. The molecule has 0 aromatic heterocycles. The maximum Gasteiger partial charge on any atom is 0.317 e. The van der Waals surface area contributed by atoms with Crippen LogP contribution in [0.15, 0.2) is 12.1 Å².